The van der Waals surface area contributed by atoms with Crippen molar-refractivity contribution in [1.29, 1.82) is 0 Å². The number of rotatable bonds is 3. The molecule has 0 radical (unpaired) electrons. The molecular weight excluding hydrogens is 320 g/mol. The van der Waals surface area contributed by atoms with Gasteiger partial charge in [0, 0.05) is 55.7 Å². The maximum atomic E-state index is 12.3. The Hall–Kier alpha value is -2.80. The summed E-state index contributed by atoms with van der Waals surface area (Å²) in [7, 11) is 1.94. The third-order valence-electron chi connectivity index (χ3n) is 4.48. The number of fused-ring (bicyclic) bond motifs is 1. The smallest absolute Gasteiger partial charge is 0.319 e. The third kappa shape index (κ3) is 3.36. The molecule has 2 atom stereocenters. The highest BCUT2D eigenvalue weighted by molar-refractivity contribution is 5.92. The lowest BCUT2D eigenvalue weighted by Crippen LogP contribution is -2.42. The Morgan fingerprint density at radius 2 is 2.28 bits per heavy atom. The second kappa shape index (κ2) is 6.60. The highest BCUT2D eigenvalue weighted by Gasteiger charge is 2.27. The molecule has 1 aliphatic heterocycles. The van der Waals surface area contributed by atoms with Crippen molar-refractivity contribution in [3.8, 4) is 0 Å². The molecule has 130 valence electrons. The Balaban J connectivity index is 1.37. The zero-order chi connectivity index (χ0) is 17.2. The molecule has 1 fully saturated rings. The Morgan fingerprint density at radius 1 is 1.36 bits per heavy atom. The highest BCUT2D eigenvalue weighted by atomic mass is 16.5. The molecule has 1 saturated heterocycles. The minimum absolute atomic E-state index is 0.0443. The molecule has 3 aromatic rings. The van der Waals surface area contributed by atoms with Crippen LogP contribution in [0.2, 0.25) is 0 Å². The number of nitrogens with zero attached hydrogens (tertiary/aromatic N) is 2. The van der Waals surface area contributed by atoms with Crippen LogP contribution in [-0.4, -0.2) is 28.2 Å². The minimum atomic E-state index is -0.226. The molecule has 3 heterocycles. The fourth-order valence-corrected chi connectivity index (χ4v) is 3.18. The summed E-state index contributed by atoms with van der Waals surface area (Å²) in [6.45, 7) is 0.598. The van der Waals surface area contributed by atoms with Crippen LogP contribution in [0.25, 0.3) is 11.0 Å². The average Bonchev–Trinajstić information content (AvgIpc) is 3.23. The summed E-state index contributed by atoms with van der Waals surface area (Å²) < 4.78 is 13.1. The van der Waals surface area contributed by atoms with Crippen LogP contribution in [0.5, 0.6) is 0 Å². The lowest BCUT2D eigenvalue weighted by atomic mass is 10.0. The van der Waals surface area contributed by atoms with Crippen LogP contribution in [-0.2, 0) is 11.8 Å². The number of furan rings is 1. The van der Waals surface area contributed by atoms with Gasteiger partial charge in [-0.25, -0.2) is 9.78 Å². The molecule has 2 N–H and O–H groups in total. The quantitative estimate of drug-likeness (QED) is 0.767. The van der Waals surface area contributed by atoms with Crippen LogP contribution in [0.4, 0.5) is 10.5 Å². The van der Waals surface area contributed by atoms with Gasteiger partial charge in [-0.15, -0.1) is 0 Å². The first kappa shape index (κ1) is 15.7. The predicted octanol–water partition coefficient (Wildman–Crippen LogP) is 3.21. The van der Waals surface area contributed by atoms with Crippen LogP contribution in [0.3, 0.4) is 0 Å². The Morgan fingerprint density at radius 3 is 3.12 bits per heavy atom. The molecule has 1 aromatic carbocycles. The Labute approximate surface area is 145 Å². The molecule has 0 saturated carbocycles. The minimum Gasteiger partial charge on any atom is -0.464 e. The van der Waals surface area contributed by atoms with Gasteiger partial charge in [-0.3, -0.25) is 0 Å². The molecule has 2 aromatic heterocycles. The number of amides is 2. The molecule has 0 unspecified atom stereocenters. The van der Waals surface area contributed by atoms with Gasteiger partial charge in [-0.2, -0.15) is 0 Å². The van der Waals surface area contributed by atoms with Crippen molar-refractivity contribution in [2.45, 2.75) is 25.0 Å². The summed E-state index contributed by atoms with van der Waals surface area (Å²) in [6, 6.07) is 7.30. The number of hydrogen-bond donors (Lipinski definition) is 2. The third-order valence-corrected chi connectivity index (χ3v) is 4.48. The molecule has 0 spiro atoms. The highest BCUT2D eigenvalue weighted by Crippen LogP contribution is 2.27. The van der Waals surface area contributed by atoms with E-state index in [1.807, 2.05) is 42.1 Å². The molecule has 2 amide bonds. The van der Waals surface area contributed by atoms with Crippen molar-refractivity contribution < 1.29 is 13.9 Å². The average molecular weight is 340 g/mol. The summed E-state index contributed by atoms with van der Waals surface area (Å²) in [5.41, 5.74) is 1.45. The van der Waals surface area contributed by atoms with Crippen LogP contribution in [0.1, 0.15) is 24.8 Å². The van der Waals surface area contributed by atoms with E-state index in [0.717, 1.165) is 23.2 Å². The van der Waals surface area contributed by atoms with Crippen molar-refractivity contribution in [2.75, 3.05) is 11.9 Å². The van der Waals surface area contributed by atoms with E-state index in [2.05, 4.69) is 15.6 Å². The number of ether oxygens (including phenoxy) is 1. The first-order chi connectivity index (χ1) is 12.2. The maximum absolute atomic E-state index is 12.3. The monoisotopic (exact) mass is 340 g/mol. The van der Waals surface area contributed by atoms with Crippen LogP contribution in [0.15, 0.2) is 47.3 Å². The lowest BCUT2D eigenvalue weighted by Gasteiger charge is -2.29. The number of benzene rings is 1. The number of nitrogens with one attached hydrogen (secondary N) is 2. The van der Waals surface area contributed by atoms with E-state index in [9.17, 15) is 4.79 Å². The van der Waals surface area contributed by atoms with Crippen LogP contribution >= 0.6 is 0 Å². The molecule has 4 rings (SSSR count). The number of carbonyl (C=O) groups excluding carboxylic acids is 1. The van der Waals surface area contributed by atoms with E-state index >= 15 is 0 Å². The van der Waals surface area contributed by atoms with E-state index < -0.39 is 0 Å². The van der Waals surface area contributed by atoms with Crippen molar-refractivity contribution in [2.24, 2.45) is 7.05 Å². The normalized spacial score (nSPS) is 20.5. The van der Waals surface area contributed by atoms with Gasteiger partial charge in [0.25, 0.3) is 0 Å². The number of hydrogen-bond acceptors (Lipinski definition) is 4. The van der Waals surface area contributed by atoms with Crippen molar-refractivity contribution in [3.05, 3.63) is 48.7 Å². The van der Waals surface area contributed by atoms with Gasteiger partial charge in [0.1, 0.15) is 17.5 Å². The van der Waals surface area contributed by atoms with Gasteiger partial charge in [0.2, 0.25) is 0 Å². The Kier molecular flexibility index (Phi) is 4.15. The van der Waals surface area contributed by atoms with E-state index in [-0.39, 0.29) is 18.2 Å². The second-order valence-corrected chi connectivity index (χ2v) is 6.25. The lowest BCUT2D eigenvalue weighted by molar-refractivity contribution is -0.00410. The van der Waals surface area contributed by atoms with Crippen molar-refractivity contribution in [3.63, 3.8) is 0 Å². The molecule has 1 aliphatic rings. The predicted molar refractivity (Wildman–Crippen MR) is 93.3 cm³/mol. The van der Waals surface area contributed by atoms with Gasteiger partial charge in [0.15, 0.2) is 0 Å². The molecule has 7 nitrogen and oxygen atoms in total. The molecule has 25 heavy (non-hydrogen) atoms. The standard InChI is InChI=1S/C18H20N4O3/c1-22-7-6-19-17(22)16-11-14(5-9-25-16)21-18(23)20-13-3-2-12-4-8-24-15(12)10-13/h2-4,6-8,10,14,16H,5,9,11H2,1H3,(H2,20,21,23)/t14-,16+/m0/s1. The molecular formula is C18H20N4O3. The first-order valence-electron chi connectivity index (χ1n) is 8.32. The van der Waals surface area contributed by atoms with Crippen LogP contribution in [0, 0.1) is 0 Å². The summed E-state index contributed by atoms with van der Waals surface area (Å²) >= 11 is 0. The van der Waals surface area contributed by atoms with Crippen molar-refractivity contribution in [1.82, 2.24) is 14.9 Å². The zero-order valence-corrected chi connectivity index (χ0v) is 13.9. The number of urea groups is 1. The second-order valence-electron chi connectivity index (χ2n) is 6.25. The summed E-state index contributed by atoms with van der Waals surface area (Å²) in [4.78, 5) is 16.6. The van der Waals surface area contributed by atoms with E-state index in [0.29, 0.717) is 18.7 Å². The number of aromatic nitrogens is 2. The van der Waals surface area contributed by atoms with Gasteiger partial charge in [-0.05, 0) is 24.6 Å². The van der Waals surface area contributed by atoms with Gasteiger partial charge >= 0.3 is 6.03 Å². The van der Waals surface area contributed by atoms with Gasteiger partial charge in [0.05, 0.1) is 6.26 Å². The van der Waals surface area contributed by atoms with E-state index in [1.54, 1.807) is 12.5 Å². The fraction of sp³-hybridized carbons (Fsp3) is 0.333. The van der Waals surface area contributed by atoms with E-state index in [1.165, 1.54) is 0 Å². The number of aryl methyl sites for hydroxylation is 1. The number of carbonyl (C=O) groups is 1. The fourth-order valence-electron chi connectivity index (χ4n) is 3.18. The van der Waals surface area contributed by atoms with Crippen molar-refractivity contribution >= 4 is 22.7 Å². The SMILES string of the molecule is Cn1ccnc1[C@H]1C[C@@H](NC(=O)Nc2ccc3ccoc3c2)CCO1. The number of imidazole rings is 1. The maximum Gasteiger partial charge on any atom is 0.319 e. The van der Waals surface area contributed by atoms with Gasteiger partial charge < -0.3 is 24.4 Å². The Bertz CT molecular complexity index is 885. The molecule has 7 heteroatoms. The van der Waals surface area contributed by atoms with Crippen LogP contribution < -0.4 is 10.6 Å². The first-order valence-corrected chi connectivity index (χ1v) is 8.32. The summed E-state index contributed by atoms with van der Waals surface area (Å²) in [5.74, 6) is 0.884. The molecule has 0 bridgehead atoms. The summed E-state index contributed by atoms with van der Waals surface area (Å²) in [5, 5.41) is 6.89. The zero-order valence-electron chi connectivity index (χ0n) is 13.9. The molecule has 0 aliphatic carbocycles. The summed E-state index contributed by atoms with van der Waals surface area (Å²) in [6.07, 6.45) is 6.68. The van der Waals surface area contributed by atoms with Gasteiger partial charge in [-0.1, -0.05) is 0 Å². The number of anilines is 1. The van der Waals surface area contributed by atoms with E-state index in [4.69, 9.17) is 9.15 Å². The largest absolute Gasteiger partial charge is 0.464 e. The topological polar surface area (TPSA) is 81.3 Å².